The monoisotopic (exact) mass is 284 g/mol. The molecule has 0 aliphatic heterocycles. The smallest absolute Gasteiger partial charge is 0.122 e. The van der Waals surface area contributed by atoms with Crippen molar-refractivity contribution in [2.75, 3.05) is 11.9 Å². The van der Waals surface area contributed by atoms with E-state index in [1.165, 1.54) is 16.7 Å². The molecule has 0 N–H and O–H groups in total. The molecule has 0 atom stereocenters. The molecule has 2 heteroatoms. The fourth-order valence-electron chi connectivity index (χ4n) is 1.46. The first-order valence-corrected chi connectivity index (χ1v) is 6.74. The molecule has 0 aromatic heterocycles. The number of benzene rings is 1. The predicted molar refractivity (Wildman–Crippen MR) is 73.7 cm³/mol. The first-order valence-electron chi connectivity index (χ1n) is 5.62. The van der Waals surface area contributed by atoms with Gasteiger partial charge in [-0.3, -0.25) is 0 Å². The Labute approximate surface area is 107 Å². The molecular weight excluding hydrogens is 264 g/mol. The van der Waals surface area contributed by atoms with Crippen molar-refractivity contribution >= 4 is 15.9 Å². The molecule has 90 valence electrons. The number of ether oxygens (including phenoxy) is 1. The highest BCUT2D eigenvalue weighted by Gasteiger charge is 2.17. The van der Waals surface area contributed by atoms with E-state index < -0.39 is 0 Å². The Balaban J connectivity index is 2.82. The van der Waals surface area contributed by atoms with Crippen LogP contribution in [0, 0.1) is 26.2 Å². The van der Waals surface area contributed by atoms with E-state index in [0.29, 0.717) is 0 Å². The van der Waals surface area contributed by atoms with Gasteiger partial charge in [0.2, 0.25) is 0 Å². The minimum atomic E-state index is 0.171. The zero-order valence-corrected chi connectivity index (χ0v) is 12.4. The van der Waals surface area contributed by atoms with Gasteiger partial charge in [-0.25, -0.2) is 0 Å². The van der Waals surface area contributed by atoms with E-state index in [2.05, 4.69) is 62.7 Å². The normalized spacial score (nSPS) is 11.6. The van der Waals surface area contributed by atoms with E-state index in [4.69, 9.17) is 4.74 Å². The van der Waals surface area contributed by atoms with E-state index in [9.17, 15) is 0 Å². The lowest BCUT2D eigenvalue weighted by Gasteiger charge is -2.23. The number of hydrogen-bond acceptors (Lipinski definition) is 1. The van der Waals surface area contributed by atoms with Crippen LogP contribution in [0.15, 0.2) is 12.1 Å². The van der Waals surface area contributed by atoms with Crippen LogP contribution in [-0.4, -0.2) is 11.9 Å². The van der Waals surface area contributed by atoms with Gasteiger partial charge in [-0.2, -0.15) is 0 Å². The Bertz CT molecular complexity index is 369. The summed E-state index contributed by atoms with van der Waals surface area (Å²) in [5, 5.41) is 0.948. The minimum Gasteiger partial charge on any atom is -0.493 e. The van der Waals surface area contributed by atoms with Gasteiger partial charge in [0.1, 0.15) is 5.75 Å². The fraction of sp³-hybridized carbons (Fsp3) is 0.571. The third kappa shape index (κ3) is 3.51. The molecule has 0 spiro atoms. The van der Waals surface area contributed by atoms with Crippen molar-refractivity contribution in [2.45, 2.75) is 34.6 Å². The Morgan fingerprint density at radius 3 is 2.38 bits per heavy atom. The molecule has 1 rings (SSSR count). The van der Waals surface area contributed by atoms with Crippen LogP contribution in [0.4, 0.5) is 0 Å². The number of rotatable bonds is 4. The molecule has 16 heavy (non-hydrogen) atoms. The molecule has 0 amide bonds. The summed E-state index contributed by atoms with van der Waals surface area (Å²) in [7, 11) is 0. The summed E-state index contributed by atoms with van der Waals surface area (Å²) in [5.41, 5.74) is 3.97. The van der Waals surface area contributed by atoms with Crippen molar-refractivity contribution in [1.82, 2.24) is 0 Å². The van der Waals surface area contributed by atoms with E-state index in [0.717, 1.165) is 17.7 Å². The average molecular weight is 285 g/mol. The van der Waals surface area contributed by atoms with Gasteiger partial charge in [0, 0.05) is 10.7 Å². The molecule has 0 aliphatic rings. The lowest BCUT2D eigenvalue weighted by molar-refractivity contribution is 0.202. The Kier molecular flexibility index (Phi) is 4.43. The topological polar surface area (TPSA) is 9.23 Å². The zero-order valence-electron chi connectivity index (χ0n) is 10.9. The van der Waals surface area contributed by atoms with E-state index >= 15 is 0 Å². The van der Waals surface area contributed by atoms with E-state index in [1.54, 1.807) is 0 Å². The summed E-state index contributed by atoms with van der Waals surface area (Å²) in [6.07, 6.45) is 0. The molecule has 0 aliphatic carbocycles. The third-order valence-electron chi connectivity index (χ3n) is 2.74. The van der Waals surface area contributed by atoms with Gasteiger partial charge in [-0.15, -0.1) is 0 Å². The van der Waals surface area contributed by atoms with Crippen molar-refractivity contribution < 1.29 is 4.74 Å². The van der Waals surface area contributed by atoms with Crippen LogP contribution in [0.5, 0.6) is 5.75 Å². The molecule has 1 nitrogen and oxygen atoms in total. The summed E-state index contributed by atoms with van der Waals surface area (Å²) in [4.78, 5) is 0. The lowest BCUT2D eigenvalue weighted by atomic mass is 9.98. The van der Waals surface area contributed by atoms with E-state index in [-0.39, 0.29) is 5.41 Å². The highest BCUT2D eigenvalue weighted by atomic mass is 79.9. The van der Waals surface area contributed by atoms with Gasteiger partial charge in [-0.05, 0) is 43.5 Å². The Hall–Kier alpha value is -0.500. The van der Waals surface area contributed by atoms with E-state index in [1.807, 2.05) is 0 Å². The summed E-state index contributed by atoms with van der Waals surface area (Å²) >= 11 is 3.51. The molecule has 0 unspecified atom stereocenters. The second-order valence-corrected chi connectivity index (χ2v) is 5.85. The Morgan fingerprint density at radius 1 is 1.19 bits per heavy atom. The van der Waals surface area contributed by atoms with Gasteiger partial charge in [0.05, 0.1) is 6.61 Å². The maximum atomic E-state index is 5.92. The maximum Gasteiger partial charge on any atom is 0.122 e. The summed E-state index contributed by atoms with van der Waals surface area (Å²) in [5.74, 6) is 1.02. The molecule has 1 aromatic rings. The second kappa shape index (κ2) is 5.22. The zero-order chi connectivity index (χ0) is 12.3. The van der Waals surface area contributed by atoms with Gasteiger partial charge in [0.25, 0.3) is 0 Å². The second-order valence-electron chi connectivity index (χ2n) is 5.29. The number of aryl methyl sites for hydroxylation is 2. The molecule has 0 saturated carbocycles. The summed E-state index contributed by atoms with van der Waals surface area (Å²) < 4.78 is 5.92. The fourth-order valence-corrected chi connectivity index (χ4v) is 1.62. The van der Waals surface area contributed by atoms with Crippen LogP contribution in [0.25, 0.3) is 0 Å². The standard InChI is InChI=1S/C14H21BrO/c1-10-6-11(2)12(3)13(7-10)16-9-14(4,5)8-15/h6-7H,8-9H2,1-5H3. The van der Waals surface area contributed by atoms with Gasteiger partial charge in [-0.1, -0.05) is 35.8 Å². The third-order valence-corrected chi connectivity index (χ3v) is 4.26. The predicted octanol–water partition coefficient (Wildman–Crippen LogP) is 4.41. The first-order chi connectivity index (χ1) is 7.35. The Morgan fingerprint density at radius 2 is 1.81 bits per heavy atom. The van der Waals surface area contributed by atoms with Crippen LogP contribution < -0.4 is 4.74 Å². The summed E-state index contributed by atoms with van der Waals surface area (Å²) in [6.45, 7) is 11.5. The first kappa shape index (κ1) is 13.6. The molecular formula is C14H21BrO. The van der Waals surface area contributed by atoms with Crippen molar-refractivity contribution in [3.63, 3.8) is 0 Å². The summed E-state index contributed by atoms with van der Waals surface area (Å²) in [6, 6.07) is 4.31. The molecule has 0 heterocycles. The number of hydrogen-bond donors (Lipinski definition) is 0. The average Bonchev–Trinajstić information content (AvgIpc) is 2.21. The number of halogens is 1. The SMILES string of the molecule is Cc1cc(C)c(C)c(OCC(C)(C)CBr)c1. The quantitative estimate of drug-likeness (QED) is 0.744. The molecule has 0 radical (unpaired) electrons. The molecule has 1 aromatic carbocycles. The molecule has 0 saturated heterocycles. The van der Waals surface area contributed by atoms with Crippen LogP contribution in [0.2, 0.25) is 0 Å². The van der Waals surface area contributed by atoms with Gasteiger partial charge in [0.15, 0.2) is 0 Å². The molecule has 0 bridgehead atoms. The van der Waals surface area contributed by atoms with Crippen LogP contribution in [-0.2, 0) is 0 Å². The minimum absolute atomic E-state index is 0.171. The van der Waals surface area contributed by atoms with Crippen LogP contribution in [0.3, 0.4) is 0 Å². The van der Waals surface area contributed by atoms with Crippen molar-refractivity contribution in [3.05, 3.63) is 28.8 Å². The van der Waals surface area contributed by atoms with Crippen molar-refractivity contribution in [1.29, 1.82) is 0 Å². The van der Waals surface area contributed by atoms with Crippen LogP contribution >= 0.6 is 15.9 Å². The van der Waals surface area contributed by atoms with Gasteiger partial charge >= 0.3 is 0 Å². The largest absolute Gasteiger partial charge is 0.493 e. The molecule has 0 fully saturated rings. The van der Waals surface area contributed by atoms with Crippen molar-refractivity contribution in [2.24, 2.45) is 5.41 Å². The van der Waals surface area contributed by atoms with Crippen LogP contribution in [0.1, 0.15) is 30.5 Å². The highest BCUT2D eigenvalue weighted by molar-refractivity contribution is 9.09. The number of alkyl halides is 1. The van der Waals surface area contributed by atoms with Gasteiger partial charge < -0.3 is 4.74 Å². The lowest BCUT2D eigenvalue weighted by Crippen LogP contribution is -2.23. The maximum absolute atomic E-state index is 5.92. The van der Waals surface area contributed by atoms with Crippen molar-refractivity contribution in [3.8, 4) is 5.75 Å². The highest BCUT2D eigenvalue weighted by Crippen LogP contribution is 2.26.